The van der Waals surface area contributed by atoms with E-state index in [1.807, 2.05) is 54.6 Å². The van der Waals surface area contributed by atoms with Crippen molar-refractivity contribution in [1.29, 1.82) is 5.26 Å². The molecule has 0 N–H and O–H groups in total. The minimum absolute atomic E-state index is 0.169. The van der Waals surface area contributed by atoms with Crippen molar-refractivity contribution in [3.05, 3.63) is 95.4 Å². The van der Waals surface area contributed by atoms with Gasteiger partial charge in [0.05, 0.1) is 30.1 Å². The van der Waals surface area contributed by atoms with Gasteiger partial charge in [0.25, 0.3) is 0 Å². The van der Waals surface area contributed by atoms with Crippen molar-refractivity contribution in [2.24, 2.45) is 0 Å². The summed E-state index contributed by atoms with van der Waals surface area (Å²) >= 11 is 0. The summed E-state index contributed by atoms with van der Waals surface area (Å²) in [4.78, 5) is 4.55. The van der Waals surface area contributed by atoms with Crippen molar-refractivity contribution in [2.75, 3.05) is 6.61 Å². The molecule has 0 aliphatic heterocycles. The Balaban J connectivity index is 1.43. The number of ether oxygens (including phenoxy) is 1. The molecule has 1 heterocycles. The number of hydrogen-bond donors (Lipinski definition) is 0. The molecule has 34 heavy (non-hydrogen) atoms. The van der Waals surface area contributed by atoms with Crippen LogP contribution in [0, 0.1) is 17.1 Å². The molecule has 0 bridgehead atoms. The number of nitrogens with zero attached hydrogens (tertiary/aromatic N) is 2. The molecule has 0 saturated heterocycles. The third-order valence-electron chi connectivity index (χ3n) is 6.10. The molecule has 4 rings (SSSR count). The molecule has 0 saturated carbocycles. The Morgan fingerprint density at radius 1 is 0.912 bits per heavy atom. The summed E-state index contributed by atoms with van der Waals surface area (Å²) < 4.78 is 21.0. The minimum atomic E-state index is -0.169. The van der Waals surface area contributed by atoms with E-state index in [-0.39, 0.29) is 5.82 Å². The topological polar surface area (TPSA) is 45.9 Å². The number of fused-ring (bicyclic) bond motifs is 1. The lowest BCUT2D eigenvalue weighted by Crippen LogP contribution is -1.98. The van der Waals surface area contributed by atoms with Crippen LogP contribution in [-0.2, 0) is 12.8 Å². The molecule has 0 unspecified atom stereocenters. The van der Waals surface area contributed by atoms with Crippen molar-refractivity contribution >= 4 is 10.8 Å². The monoisotopic (exact) mass is 452 g/mol. The molecule has 4 heteroatoms. The van der Waals surface area contributed by atoms with Crippen LogP contribution in [0.4, 0.5) is 4.39 Å². The molecule has 0 fully saturated rings. The third-order valence-corrected chi connectivity index (χ3v) is 6.10. The molecule has 0 atom stereocenters. The van der Waals surface area contributed by atoms with E-state index in [0.717, 1.165) is 40.8 Å². The molecule has 3 nitrogen and oxygen atoms in total. The van der Waals surface area contributed by atoms with Crippen LogP contribution in [0.3, 0.4) is 0 Å². The van der Waals surface area contributed by atoms with Crippen LogP contribution >= 0.6 is 0 Å². The highest BCUT2D eigenvalue weighted by atomic mass is 19.1. The van der Waals surface area contributed by atoms with Gasteiger partial charge in [-0.25, -0.2) is 4.39 Å². The highest BCUT2D eigenvalue weighted by Crippen LogP contribution is 2.28. The average Bonchev–Trinajstić information content (AvgIpc) is 2.89. The van der Waals surface area contributed by atoms with Crippen LogP contribution in [0.1, 0.15) is 49.3 Å². The summed E-state index contributed by atoms with van der Waals surface area (Å²) in [6.07, 6.45) is 7.79. The molecule has 172 valence electrons. The summed E-state index contributed by atoms with van der Waals surface area (Å²) in [5.41, 5.74) is 4.21. The highest BCUT2D eigenvalue weighted by molar-refractivity contribution is 5.88. The molecule has 0 aliphatic carbocycles. The number of rotatable bonds is 10. The lowest BCUT2D eigenvalue weighted by atomic mass is 9.98. The maximum absolute atomic E-state index is 15.2. The zero-order chi connectivity index (χ0) is 23.8. The quantitative estimate of drug-likeness (QED) is 0.232. The molecule has 0 radical (unpaired) electrons. The Morgan fingerprint density at radius 3 is 2.50 bits per heavy atom. The van der Waals surface area contributed by atoms with Gasteiger partial charge < -0.3 is 4.74 Å². The maximum atomic E-state index is 15.2. The van der Waals surface area contributed by atoms with Gasteiger partial charge in [0.1, 0.15) is 11.6 Å². The van der Waals surface area contributed by atoms with Crippen molar-refractivity contribution in [1.82, 2.24) is 4.98 Å². The first-order valence-electron chi connectivity index (χ1n) is 12.0. The molecule has 4 aromatic rings. The molecular weight excluding hydrogens is 423 g/mol. The fourth-order valence-electron chi connectivity index (χ4n) is 4.07. The number of halogens is 1. The van der Waals surface area contributed by atoms with Gasteiger partial charge in [0.15, 0.2) is 0 Å². The fourth-order valence-corrected chi connectivity index (χ4v) is 4.07. The van der Waals surface area contributed by atoms with Gasteiger partial charge in [-0.1, -0.05) is 62.6 Å². The van der Waals surface area contributed by atoms with E-state index in [2.05, 4.69) is 18.0 Å². The van der Waals surface area contributed by atoms with Crippen LogP contribution < -0.4 is 4.74 Å². The second kappa shape index (κ2) is 11.4. The fraction of sp³-hybridized carbons (Fsp3) is 0.267. The van der Waals surface area contributed by atoms with E-state index < -0.39 is 0 Å². The van der Waals surface area contributed by atoms with Crippen LogP contribution in [0.15, 0.2) is 72.9 Å². The summed E-state index contributed by atoms with van der Waals surface area (Å²) in [6, 6.07) is 23.1. The summed E-state index contributed by atoms with van der Waals surface area (Å²) in [5.74, 6) is 0.608. The van der Waals surface area contributed by atoms with Gasteiger partial charge in [-0.2, -0.15) is 5.26 Å². The number of hydrogen-bond acceptors (Lipinski definition) is 3. The first-order valence-corrected chi connectivity index (χ1v) is 12.0. The molecule has 0 aliphatic rings. The van der Waals surface area contributed by atoms with Crippen molar-refractivity contribution in [3.8, 4) is 23.1 Å². The number of benzene rings is 3. The van der Waals surface area contributed by atoms with Gasteiger partial charge in [0, 0.05) is 10.9 Å². The Hall–Kier alpha value is -3.71. The smallest absolute Gasteiger partial charge is 0.137 e. The predicted octanol–water partition coefficient (Wildman–Crippen LogP) is 7.66. The van der Waals surface area contributed by atoms with Gasteiger partial charge in [0.2, 0.25) is 0 Å². The van der Waals surface area contributed by atoms with Gasteiger partial charge in [-0.3, -0.25) is 4.98 Å². The molecular formula is C30H29FN2O. The molecule has 3 aromatic carbocycles. The zero-order valence-corrected chi connectivity index (χ0v) is 19.6. The first kappa shape index (κ1) is 23.4. The van der Waals surface area contributed by atoms with Crippen molar-refractivity contribution in [2.45, 2.75) is 45.4 Å². The lowest BCUT2D eigenvalue weighted by Gasteiger charge is -2.10. The molecule has 0 amide bonds. The summed E-state index contributed by atoms with van der Waals surface area (Å²) in [5, 5.41) is 10.4. The average molecular weight is 453 g/mol. The predicted molar refractivity (Wildman–Crippen MR) is 135 cm³/mol. The van der Waals surface area contributed by atoms with Gasteiger partial charge in [-0.15, -0.1) is 0 Å². The Kier molecular flexibility index (Phi) is 7.88. The largest absolute Gasteiger partial charge is 0.492 e. The van der Waals surface area contributed by atoms with E-state index in [0.29, 0.717) is 29.5 Å². The second-order valence-corrected chi connectivity index (χ2v) is 8.57. The number of unbranched alkanes of at least 4 members (excludes halogenated alkanes) is 3. The van der Waals surface area contributed by atoms with Crippen LogP contribution in [0.25, 0.3) is 22.0 Å². The minimum Gasteiger partial charge on any atom is -0.492 e. The van der Waals surface area contributed by atoms with E-state index >= 15 is 4.39 Å². The van der Waals surface area contributed by atoms with Crippen LogP contribution in [-0.4, -0.2) is 11.6 Å². The first-order chi connectivity index (χ1) is 16.7. The standard InChI is InChI=1S/C30H29FN2O/c1-2-3-4-5-18-34-27-15-17-29(33-21-27)26-14-16-28-25(19-26)13-12-24(30(28)31)11-10-22-6-8-23(20-32)9-7-22/h6-9,12-17,19,21H,2-5,10-11,18H2,1H3. The Labute approximate surface area is 200 Å². The Bertz CT molecular complexity index is 1270. The number of nitriles is 1. The number of pyridine rings is 1. The van der Waals surface area contributed by atoms with E-state index in [4.69, 9.17) is 10.00 Å². The second-order valence-electron chi connectivity index (χ2n) is 8.57. The molecule has 0 spiro atoms. The van der Waals surface area contributed by atoms with E-state index in [1.54, 1.807) is 18.3 Å². The highest BCUT2D eigenvalue weighted by Gasteiger charge is 2.10. The van der Waals surface area contributed by atoms with E-state index in [9.17, 15) is 0 Å². The van der Waals surface area contributed by atoms with Crippen molar-refractivity contribution in [3.63, 3.8) is 0 Å². The van der Waals surface area contributed by atoms with Crippen LogP contribution in [0.2, 0.25) is 0 Å². The Morgan fingerprint density at radius 2 is 1.76 bits per heavy atom. The van der Waals surface area contributed by atoms with E-state index in [1.165, 1.54) is 19.3 Å². The number of aromatic nitrogens is 1. The normalized spacial score (nSPS) is 10.9. The third kappa shape index (κ3) is 5.80. The SMILES string of the molecule is CCCCCCOc1ccc(-c2ccc3c(F)c(CCc4ccc(C#N)cc4)ccc3c2)nc1. The van der Waals surface area contributed by atoms with Crippen molar-refractivity contribution < 1.29 is 9.13 Å². The van der Waals surface area contributed by atoms with Gasteiger partial charge in [-0.05, 0) is 66.1 Å². The summed E-state index contributed by atoms with van der Waals surface area (Å²) in [6.45, 7) is 2.91. The van der Waals surface area contributed by atoms with Gasteiger partial charge >= 0.3 is 0 Å². The summed E-state index contributed by atoms with van der Waals surface area (Å²) in [7, 11) is 0. The zero-order valence-electron chi connectivity index (χ0n) is 19.6. The molecule has 1 aromatic heterocycles. The maximum Gasteiger partial charge on any atom is 0.137 e. The number of aryl methyl sites for hydroxylation is 2. The lowest BCUT2D eigenvalue weighted by molar-refractivity contribution is 0.304. The van der Waals surface area contributed by atoms with Crippen LogP contribution in [0.5, 0.6) is 5.75 Å².